The summed E-state index contributed by atoms with van der Waals surface area (Å²) in [6.07, 6.45) is 7.32. The van der Waals surface area contributed by atoms with Crippen molar-refractivity contribution in [2.24, 2.45) is 11.8 Å². The van der Waals surface area contributed by atoms with Crippen molar-refractivity contribution in [2.75, 3.05) is 32.2 Å². The van der Waals surface area contributed by atoms with E-state index >= 15 is 0 Å². The second-order valence-electron chi connectivity index (χ2n) is 8.55. The lowest BCUT2D eigenvalue weighted by molar-refractivity contribution is -0.936. The molecule has 1 saturated carbocycles. The SMILES string of the molecule is OC(COC1C[N+]2(CCl)CCC1CC2)(c1ccccc1)C1CCCC1. The van der Waals surface area contributed by atoms with Gasteiger partial charge in [0.1, 0.15) is 18.2 Å². The molecule has 3 aliphatic heterocycles. The third kappa shape index (κ3) is 3.37. The van der Waals surface area contributed by atoms with Crippen LogP contribution < -0.4 is 0 Å². The Labute approximate surface area is 156 Å². The third-order valence-corrected chi connectivity index (χ3v) is 7.62. The van der Waals surface area contributed by atoms with Crippen LogP contribution in [0.2, 0.25) is 0 Å². The molecule has 5 rings (SSSR count). The number of rotatable bonds is 6. The fourth-order valence-electron chi connectivity index (χ4n) is 5.38. The first-order valence-electron chi connectivity index (χ1n) is 9.96. The first-order valence-corrected chi connectivity index (χ1v) is 10.5. The summed E-state index contributed by atoms with van der Waals surface area (Å²) in [5.41, 5.74) is 0.166. The van der Waals surface area contributed by atoms with Gasteiger partial charge in [0, 0.05) is 18.8 Å². The van der Waals surface area contributed by atoms with E-state index in [0.29, 0.717) is 24.4 Å². The highest BCUT2D eigenvalue weighted by Crippen LogP contribution is 2.42. The molecular weight excluding hydrogens is 334 g/mol. The molecule has 2 bridgehead atoms. The van der Waals surface area contributed by atoms with Gasteiger partial charge >= 0.3 is 0 Å². The summed E-state index contributed by atoms with van der Waals surface area (Å²) in [7, 11) is 0. The summed E-state index contributed by atoms with van der Waals surface area (Å²) in [6.45, 7) is 3.83. The highest BCUT2D eigenvalue weighted by atomic mass is 35.5. The molecule has 2 unspecified atom stereocenters. The Morgan fingerprint density at radius 2 is 1.76 bits per heavy atom. The molecule has 3 heterocycles. The van der Waals surface area contributed by atoms with E-state index in [1.54, 1.807) is 0 Å². The number of benzene rings is 1. The van der Waals surface area contributed by atoms with Crippen molar-refractivity contribution >= 4 is 11.6 Å². The fourth-order valence-corrected chi connectivity index (χ4v) is 5.72. The molecule has 25 heavy (non-hydrogen) atoms. The lowest BCUT2D eigenvalue weighted by Crippen LogP contribution is -2.64. The number of piperidine rings is 3. The fraction of sp³-hybridized carbons (Fsp3) is 0.714. The molecule has 138 valence electrons. The van der Waals surface area contributed by atoms with Gasteiger partial charge in [0.2, 0.25) is 0 Å². The Balaban J connectivity index is 1.50. The lowest BCUT2D eigenvalue weighted by atomic mass is 9.80. The van der Waals surface area contributed by atoms with E-state index in [9.17, 15) is 5.11 Å². The van der Waals surface area contributed by atoms with Gasteiger partial charge in [0.15, 0.2) is 6.00 Å². The largest absolute Gasteiger partial charge is 0.382 e. The summed E-state index contributed by atoms with van der Waals surface area (Å²) in [4.78, 5) is 0. The Hall–Kier alpha value is -0.610. The van der Waals surface area contributed by atoms with Gasteiger partial charge in [-0.3, -0.25) is 0 Å². The first kappa shape index (κ1) is 17.8. The minimum absolute atomic E-state index is 0.248. The second-order valence-corrected chi connectivity index (χ2v) is 8.79. The summed E-state index contributed by atoms with van der Waals surface area (Å²) in [6, 6.07) is 10.9. The van der Waals surface area contributed by atoms with Crippen LogP contribution in [-0.2, 0) is 10.3 Å². The predicted octanol–water partition coefficient (Wildman–Crippen LogP) is 3.89. The molecule has 0 radical (unpaired) electrons. The minimum atomic E-state index is -0.852. The maximum Gasteiger partial charge on any atom is 0.155 e. The zero-order valence-corrected chi connectivity index (χ0v) is 15.8. The highest BCUT2D eigenvalue weighted by molar-refractivity contribution is 6.17. The van der Waals surface area contributed by atoms with E-state index in [2.05, 4.69) is 12.1 Å². The van der Waals surface area contributed by atoms with Crippen LogP contribution in [0.15, 0.2) is 30.3 Å². The molecule has 1 aliphatic carbocycles. The monoisotopic (exact) mass is 364 g/mol. The van der Waals surface area contributed by atoms with Crippen LogP contribution in [0, 0.1) is 11.8 Å². The van der Waals surface area contributed by atoms with Crippen LogP contribution in [0.3, 0.4) is 0 Å². The number of nitrogens with zero attached hydrogens (tertiary/aromatic N) is 1. The van der Waals surface area contributed by atoms with Crippen molar-refractivity contribution in [3.63, 3.8) is 0 Å². The Bertz CT molecular complexity index is 567. The van der Waals surface area contributed by atoms with Crippen molar-refractivity contribution in [1.29, 1.82) is 0 Å². The van der Waals surface area contributed by atoms with Gasteiger partial charge in [-0.2, -0.15) is 0 Å². The second kappa shape index (κ2) is 7.19. The molecule has 1 aromatic rings. The van der Waals surface area contributed by atoms with Crippen LogP contribution in [0.1, 0.15) is 44.1 Å². The van der Waals surface area contributed by atoms with Crippen LogP contribution in [0.5, 0.6) is 0 Å². The maximum atomic E-state index is 11.6. The molecular formula is C21H31ClNO2+. The zero-order chi connectivity index (χ0) is 17.3. The zero-order valence-electron chi connectivity index (χ0n) is 15.1. The number of aliphatic hydroxyl groups is 1. The molecule has 3 nitrogen and oxygen atoms in total. The molecule has 4 fully saturated rings. The van der Waals surface area contributed by atoms with Gasteiger partial charge in [-0.15, -0.1) is 0 Å². The highest BCUT2D eigenvalue weighted by Gasteiger charge is 2.48. The first-order chi connectivity index (χ1) is 12.2. The maximum absolute atomic E-state index is 11.6. The van der Waals surface area contributed by atoms with E-state index in [0.717, 1.165) is 29.4 Å². The van der Waals surface area contributed by atoms with E-state index < -0.39 is 5.60 Å². The molecule has 0 amide bonds. The molecule has 1 N–H and O–H groups in total. The number of quaternary nitrogens is 1. The Morgan fingerprint density at radius 3 is 2.40 bits per heavy atom. The number of halogens is 1. The smallest absolute Gasteiger partial charge is 0.155 e. The lowest BCUT2D eigenvalue weighted by Gasteiger charge is -2.51. The summed E-state index contributed by atoms with van der Waals surface area (Å²) < 4.78 is 7.45. The molecule has 4 heteroatoms. The van der Waals surface area contributed by atoms with Crippen LogP contribution >= 0.6 is 11.6 Å². The third-order valence-electron chi connectivity index (χ3n) is 7.12. The van der Waals surface area contributed by atoms with Crippen LogP contribution in [0.25, 0.3) is 0 Å². The topological polar surface area (TPSA) is 29.5 Å². The van der Waals surface area contributed by atoms with Crippen LogP contribution in [0.4, 0.5) is 0 Å². The number of hydrogen-bond donors (Lipinski definition) is 1. The molecule has 2 atom stereocenters. The van der Waals surface area contributed by atoms with Crippen molar-refractivity contribution in [3.8, 4) is 0 Å². The van der Waals surface area contributed by atoms with Gasteiger partial charge in [-0.1, -0.05) is 54.8 Å². The van der Waals surface area contributed by atoms with Gasteiger partial charge in [-0.05, 0) is 24.3 Å². The van der Waals surface area contributed by atoms with Gasteiger partial charge < -0.3 is 14.3 Å². The van der Waals surface area contributed by atoms with Gasteiger partial charge in [-0.25, -0.2) is 0 Å². The van der Waals surface area contributed by atoms with Gasteiger partial charge in [0.05, 0.1) is 19.7 Å². The number of ether oxygens (including phenoxy) is 1. The summed E-state index contributed by atoms with van der Waals surface area (Å²) in [5.74, 6) is 0.957. The predicted molar refractivity (Wildman–Crippen MR) is 100 cm³/mol. The molecule has 0 aromatic heterocycles. The number of hydrogen-bond acceptors (Lipinski definition) is 2. The molecule has 0 spiro atoms. The average molecular weight is 365 g/mol. The van der Waals surface area contributed by atoms with E-state index in [1.807, 2.05) is 18.2 Å². The molecule has 4 aliphatic rings. The normalized spacial score (nSPS) is 35.0. The van der Waals surface area contributed by atoms with Crippen molar-refractivity contribution < 1.29 is 14.3 Å². The van der Waals surface area contributed by atoms with Crippen molar-refractivity contribution in [2.45, 2.75) is 50.2 Å². The number of fused-ring (bicyclic) bond motifs is 3. The number of alkyl halides is 1. The van der Waals surface area contributed by atoms with E-state index in [-0.39, 0.29) is 6.10 Å². The van der Waals surface area contributed by atoms with Crippen LogP contribution in [-0.4, -0.2) is 47.9 Å². The average Bonchev–Trinajstić information content (AvgIpc) is 3.23. The van der Waals surface area contributed by atoms with Crippen molar-refractivity contribution in [3.05, 3.63) is 35.9 Å². The van der Waals surface area contributed by atoms with E-state index in [4.69, 9.17) is 16.3 Å². The quantitative estimate of drug-likeness (QED) is 0.471. The standard InChI is InChI=1S/C21H31ClNO2/c22-16-23-12-10-17(11-13-23)20(14-23)25-15-21(24,19-8-4-5-9-19)18-6-2-1-3-7-18/h1-3,6-7,17,19-20,24H,4-5,8-16H2/q+1. The van der Waals surface area contributed by atoms with E-state index in [1.165, 1.54) is 38.8 Å². The summed E-state index contributed by atoms with van der Waals surface area (Å²) in [5, 5.41) is 11.6. The minimum Gasteiger partial charge on any atom is -0.382 e. The van der Waals surface area contributed by atoms with Crippen molar-refractivity contribution in [1.82, 2.24) is 0 Å². The Kier molecular flexibility index (Phi) is 5.11. The molecule has 1 aromatic carbocycles. The molecule has 3 saturated heterocycles. The summed E-state index contributed by atoms with van der Waals surface area (Å²) >= 11 is 6.28. The van der Waals surface area contributed by atoms with Gasteiger partial charge in [0.25, 0.3) is 0 Å². The Morgan fingerprint density at radius 1 is 1.08 bits per heavy atom.